The third kappa shape index (κ3) is 3.74. The number of phenols is 1. The SMILES string of the molecule is CCCCN(CCO)C(=O)c1ccc(O)cc1C. The summed E-state index contributed by atoms with van der Waals surface area (Å²) in [5, 5.41) is 18.3. The van der Waals surface area contributed by atoms with E-state index in [0.29, 0.717) is 18.7 Å². The maximum atomic E-state index is 12.3. The predicted molar refractivity (Wildman–Crippen MR) is 70.7 cm³/mol. The van der Waals surface area contributed by atoms with Crippen LogP contribution in [-0.4, -0.2) is 40.7 Å². The van der Waals surface area contributed by atoms with Crippen molar-refractivity contribution in [2.45, 2.75) is 26.7 Å². The van der Waals surface area contributed by atoms with Gasteiger partial charge >= 0.3 is 0 Å². The molecule has 0 saturated heterocycles. The molecule has 0 fully saturated rings. The summed E-state index contributed by atoms with van der Waals surface area (Å²) in [7, 11) is 0. The highest BCUT2D eigenvalue weighted by molar-refractivity contribution is 5.95. The molecule has 0 atom stereocenters. The Labute approximate surface area is 108 Å². The molecule has 100 valence electrons. The Morgan fingerprint density at radius 3 is 2.61 bits per heavy atom. The molecule has 0 aliphatic carbocycles. The maximum absolute atomic E-state index is 12.3. The number of aliphatic hydroxyl groups excluding tert-OH is 1. The van der Waals surface area contributed by atoms with Gasteiger partial charge in [-0.1, -0.05) is 13.3 Å². The first-order valence-electron chi connectivity index (χ1n) is 6.30. The number of aryl methyl sites for hydroxylation is 1. The summed E-state index contributed by atoms with van der Waals surface area (Å²) in [6, 6.07) is 4.71. The van der Waals surface area contributed by atoms with Gasteiger partial charge in [0, 0.05) is 18.7 Å². The van der Waals surface area contributed by atoms with Crippen LogP contribution in [0.4, 0.5) is 0 Å². The topological polar surface area (TPSA) is 60.8 Å². The number of nitrogens with zero attached hydrogens (tertiary/aromatic N) is 1. The summed E-state index contributed by atoms with van der Waals surface area (Å²) in [5.41, 5.74) is 1.33. The molecule has 1 rings (SSSR count). The predicted octanol–water partition coefficient (Wildman–Crippen LogP) is 1.94. The van der Waals surface area contributed by atoms with Gasteiger partial charge in [0.25, 0.3) is 5.91 Å². The number of aromatic hydroxyl groups is 1. The summed E-state index contributed by atoms with van der Waals surface area (Å²) in [4.78, 5) is 14.0. The van der Waals surface area contributed by atoms with Gasteiger partial charge in [-0.05, 0) is 37.1 Å². The van der Waals surface area contributed by atoms with Gasteiger partial charge in [0.2, 0.25) is 0 Å². The molecular formula is C14H21NO3. The van der Waals surface area contributed by atoms with Gasteiger partial charge in [-0.15, -0.1) is 0 Å². The Bertz CT molecular complexity index is 404. The molecule has 18 heavy (non-hydrogen) atoms. The summed E-state index contributed by atoms with van der Waals surface area (Å²) in [5.74, 6) is 0.0707. The van der Waals surface area contributed by atoms with Crippen LogP contribution < -0.4 is 0 Å². The molecular weight excluding hydrogens is 230 g/mol. The van der Waals surface area contributed by atoms with Crippen LogP contribution >= 0.6 is 0 Å². The Hall–Kier alpha value is -1.55. The second-order valence-electron chi connectivity index (χ2n) is 4.37. The number of phenolic OH excluding ortho intramolecular Hbond substituents is 1. The number of carbonyl (C=O) groups excluding carboxylic acids is 1. The second-order valence-corrected chi connectivity index (χ2v) is 4.37. The molecule has 1 aromatic rings. The lowest BCUT2D eigenvalue weighted by Gasteiger charge is -2.22. The zero-order valence-corrected chi connectivity index (χ0v) is 11.0. The minimum Gasteiger partial charge on any atom is -0.508 e. The van der Waals surface area contributed by atoms with E-state index in [1.54, 1.807) is 24.0 Å². The molecule has 0 aliphatic rings. The average Bonchev–Trinajstić information content (AvgIpc) is 2.33. The lowest BCUT2D eigenvalue weighted by Crippen LogP contribution is -2.34. The van der Waals surface area contributed by atoms with E-state index >= 15 is 0 Å². The number of carbonyl (C=O) groups is 1. The van der Waals surface area contributed by atoms with E-state index in [4.69, 9.17) is 5.11 Å². The molecule has 4 nitrogen and oxygen atoms in total. The highest BCUT2D eigenvalue weighted by Gasteiger charge is 2.16. The number of hydrogen-bond acceptors (Lipinski definition) is 3. The number of hydrogen-bond donors (Lipinski definition) is 2. The van der Waals surface area contributed by atoms with Crippen molar-refractivity contribution in [2.75, 3.05) is 19.7 Å². The van der Waals surface area contributed by atoms with Crippen molar-refractivity contribution < 1.29 is 15.0 Å². The average molecular weight is 251 g/mol. The standard InChI is InChI=1S/C14H21NO3/c1-3-4-7-15(8-9-16)14(18)13-6-5-12(17)10-11(13)2/h5-6,10,16-17H,3-4,7-9H2,1-2H3. The number of benzene rings is 1. The van der Waals surface area contributed by atoms with Crippen LogP contribution in [0.5, 0.6) is 5.75 Å². The second kappa shape index (κ2) is 7.01. The first-order valence-corrected chi connectivity index (χ1v) is 6.30. The molecule has 0 spiro atoms. The molecule has 0 radical (unpaired) electrons. The number of unbranched alkanes of at least 4 members (excludes halogenated alkanes) is 1. The lowest BCUT2D eigenvalue weighted by atomic mass is 10.1. The van der Waals surface area contributed by atoms with Crippen LogP contribution in [0.3, 0.4) is 0 Å². The Balaban J connectivity index is 2.87. The fourth-order valence-electron chi connectivity index (χ4n) is 1.84. The highest BCUT2D eigenvalue weighted by Crippen LogP contribution is 2.17. The van der Waals surface area contributed by atoms with Crippen LogP contribution in [0.1, 0.15) is 35.7 Å². The van der Waals surface area contributed by atoms with Crippen LogP contribution in [-0.2, 0) is 0 Å². The molecule has 0 heterocycles. The van der Waals surface area contributed by atoms with Crippen molar-refractivity contribution in [1.82, 2.24) is 4.90 Å². The van der Waals surface area contributed by atoms with Crippen molar-refractivity contribution in [1.29, 1.82) is 0 Å². The zero-order chi connectivity index (χ0) is 13.5. The van der Waals surface area contributed by atoms with E-state index in [0.717, 1.165) is 18.4 Å². The molecule has 0 unspecified atom stereocenters. The molecule has 0 aromatic heterocycles. The van der Waals surface area contributed by atoms with Gasteiger partial charge in [0.05, 0.1) is 6.61 Å². The van der Waals surface area contributed by atoms with Crippen LogP contribution in [0, 0.1) is 6.92 Å². The van der Waals surface area contributed by atoms with Crippen LogP contribution in [0.2, 0.25) is 0 Å². The van der Waals surface area contributed by atoms with Gasteiger partial charge in [-0.25, -0.2) is 0 Å². The van der Waals surface area contributed by atoms with E-state index in [1.807, 2.05) is 0 Å². The Kier molecular flexibility index (Phi) is 5.65. The highest BCUT2D eigenvalue weighted by atomic mass is 16.3. The fourth-order valence-corrected chi connectivity index (χ4v) is 1.84. The van der Waals surface area contributed by atoms with Crippen molar-refractivity contribution in [3.63, 3.8) is 0 Å². The van der Waals surface area contributed by atoms with Crippen molar-refractivity contribution >= 4 is 5.91 Å². The lowest BCUT2D eigenvalue weighted by molar-refractivity contribution is 0.0718. The number of aliphatic hydroxyl groups is 1. The number of rotatable bonds is 6. The molecule has 1 amide bonds. The first-order chi connectivity index (χ1) is 8.60. The van der Waals surface area contributed by atoms with Crippen molar-refractivity contribution in [3.05, 3.63) is 29.3 Å². The fraction of sp³-hybridized carbons (Fsp3) is 0.500. The van der Waals surface area contributed by atoms with E-state index in [-0.39, 0.29) is 18.3 Å². The largest absolute Gasteiger partial charge is 0.508 e. The van der Waals surface area contributed by atoms with Crippen LogP contribution in [0.25, 0.3) is 0 Å². The van der Waals surface area contributed by atoms with Gasteiger partial charge in [-0.2, -0.15) is 0 Å². The summed E-state index contributed by atoms with van der Waals surface area (Å²) in [6.45, 7) is 4.82. The quantitative estimate of drug-likeness (QED) is 0.812. The van der Waals surface area contributed by atoms with E-state index in [2.05, 4.69) is 6.92 Å². The number of amides is 1. The summed E-state index contributed by atoms with van der Waals surface area (Å²) < 4.78 is 0. The Morgan fingerprint density at radius 1 is 1.33 bits per heavy atom. The molecule has 4 heteroatoms. The minimum atomic E-state index is -0.0880. The van der Waals surface area contributed by atoms with Crippen molar-refractivity contribution in [3.8, 4) is 5.75 Å². The summed E-state index contributed by atoms with van der Waals surface area (Å²) in [6.07, 6.45) is 1.92. The minimum absolute atomic E-state index is 0.0351. The van der Waals surface area contributed by atoms with Gasteiger partial charge in [0.1, 0.15) is 5.75 Å². The third-order valence-electron chi connectivity index (χ3n) is 2.88. The Morgan fingerprint density at radius 2 is 2.06 bits per heavy atom. The smallest absolute Gasteiger partial charge is 0.254 e. The molecule has 1 aromatic carbocycles. The van der Waals surface area contributed by atoms with E-state index < -0.39 is 0 Å². The molecule has 2 N–H and O–H groups in total. The maximum Gasteiger partial charge on any atom is 0.254 e. The summed E-state index contributed by atoms with van der Waals surface area (Å²) >= 11 is 0. The van der Waals surface area contributed by atoms with Crippen molar-refractivity contribution in [2.24, 2.45) is 0 Å². The van der Waals surface area contributed by atoms with E-state index in [1.165, 1.54) is 6.07 Å². The molecule has 0 bridgehead atoms. The molecule has 0 aliphatic heterocycles. The van der Waals surface area contributed by atoms with Gasteiger partial charge in [0.15, 0.2) is 0 Å². The van der Waals surface area contributed by atoms with Crippen LogP contribution in [0.15, 0.2) is 18.2 Å². The van der Waals surface area contributed by atoms with Gasteiger partial charge in [-0.3, -0.25) is 4.79 Å². The van der Waals surface area contributed by atoms with Gasteiger partial charge < -0.3 is 15.1 Å². The van der Waals surface area contributed by atoms with E-state index in [9.17, 15) is 9.90 Å². The molecule has 0 saturated carbocycles. The zero-order valence-electron chi connectivity index (χ0n) is 11.0. The normalized spacial score (nSPS) is 10.4. The monoisotopic (exact) mass is 251 g/mol. The first kappa shape index (κ1) is 14.5. The third-order valence-corrected chi connectivity index (χ3v) is 2.88.